The van der Waals surface area contributed by atoms with Gasteiger partial charge in [-0.3, -0.25) is 9.59 Å². The molecule has 0 saturated carbocycles. The number of para-hydroxylation sites is 1. The number of benzene rings is 2. The normalized spacial score (nSPS) is 18.7. The summed E-state index contributed by atoms with van der Waals surface area (Å²) < 4.78 is 5.78. The van der Waals surface area contributed by atoms with E-state index in [2.05, 4.69) is 0 Å². The van der Waals surface area contributed by atoms with Gasteiger partial charge in [-0.1, -0.05) is 24.3 Å². The molecule has 5 nitrogen and oxygen atoms in total. The largest absolute Gasteiger partial charge is 0.492 e. The number of fused-ring (bicyclic) bond motifs is 2. The van der Waals surface area contributed by atoms with Crippen LogP contribution in [0, 0.1) is 5.92 Å². The van der Waals surface area contributed by atoms with Gasteiger partial charge in [0, 0.05) is 17.8 Å². The Morgan fingerprint density at radius 1 is 1.12 bits per heavy atom. The highest BCUT2D eigenvalue weighted by atomic mass is 16.5. The van der Waals surface area contributed by atoms with Gasteiger partial charge in [-0.05, 0) is 48.6 Å². The van der Waals surface area contributed by atoms with E-state index >= 15 is 0 Å². The molecule has 2 aromatic rings. The number of primary amides is 1. The summed E-state index contributed by atoms with van der Waals surface area (Å²) in [5.74, 6) is 0.262. The predicted octanol–water partition coefficient (Wildman–Crippen LogP) is 2.32. The fourth-order valence-electron chi connectivity index (χ4n) is 3.79. The van der Waals surface area contributed by atoms with Crippen molar-refractivity contribution >= 4 is 17.5 Å². The van der Waals surface area contributed by atoms with Gasteiger partial charge in [0.15, 0.2) is 0 Å². The molecule has 0 spiro atoms. The number of nitrogens with zero attached hydrogens (tertiary/aromatic N) is 1. The molecule has 5 heteroatoms. The van der Waals surface area contributed by atoms with Gasteiger partial charge in [0.2, 0.25) is 11.8 Å². The van der Waals surface area contributed by atoms with E-state index in [0.29, 0.717) is 25.1 Å². The summed E-state index contributed by atoms with van der Waals surface area (Å²) in [7, 11) is 0. The van der Waals surface area contributed by atoms with Crippen LogP contribution in [0.5, 0.6) is 5.75 Å². The summed E-state index contributed by atoms with van der Waals surface area (Å²) in [6.07, 6.45) is 2.27. The lowest BCUT2D eigenvalue weighted by atomic mass is 9.92. The van der Waals surface area contributed by atoms with E-state index in [-0.39, 0.29) is 11.8 Å². The quantitative estimate of drug-likeness (QED) is 0.915. The number of hydrogen-bond acceptors (Lipinski definition) is 3. The Labute approximate surface area is 146 Å². The van der Waals surface area contributed by atoms with Crippen molar-refractivity contribution in [1.82, 2.24) is 0 Å². The molecule has 2 aliphatic heterocycles. The Balaban J connectivity index is 1.63. The molecule has 2 aliphatic rings. The summed E-state index contributed by atoms with van der Waals surface area (Å²) in [5.41, 5.74) is 8.76. The molecule has 0 aromatic heterocycles. The van der Waals surface area contributed by atoms with Gasteiger partial charge in [0.05, 0.1) is 5.92 Å². The molecule has 0 unspecified atom stereocenters. The molecule has 2 aromatic carbocycles. The number of carbonyl (C=O) groups is 2. The summed E-state index contributed by atoms with van der Waals surface area (Å²) in [6.45, 7) is 1.05. The maximum absolute atomic E-state index is 13.1. The minimum Gasteiger partial charge on any atom is -0.492 e. The topological polar surface area (TPSA) is 72.6 Å². The average Bonchev–Trinajstić information content (AvgIpc) is 2.66. The van der Waals surface area contributed by atoms with Gasteiger partial charge in [0.1, 0.15) is 12.4 Å². The van der Waals surface area contributed by atoms with Gasteiger partial charge < -0.3 is 15.4 Å². The fourth-order valence-corrected chi connectivity index (χ4v) is 3.79. The molecule has 0 fully saturated rings. The van der Waals surface area contributed by atoms with E-state index < -0.39 is 5.91 Å². The number of ether oxygens (including phenoxy) is 1. The van der Waals surface area contributed by atoms with E-state index in [1.165, 1.54) is 0 Å². The molecule has 0 bridgehead atoms. The summed E-state index contributed by atoms with van der Waals surface area (Å²) in [4.78, 5) is 26.6. The number of nitrogens with two attached hydrogens (primary N) is 1. The Morgan fingerprint density at radius 3 is 2.80 bits per heavy atom. The second-order valence-corrected chi connectivity index (χ2v) is 6.58. The number of anilines is 1. The van der Waals surface area contributed by atoms with Crippen LogP contribution >= 0.6 is 0 Å². The molecule has 2 N–H and O–H groups in total. The second-order valence-electron chi connectivity index (χ2n) is 6.58. The number of amides is 2. The van der Waals surface area contributed by atoms with Gasteiger partial charge in [-0.15, -0.1) is 0 Å². The Hall–Kier alpha value is -2.82. The highest BCUT2D eigenvalue weighted by Gasteiger charge is 2.33. The SMILES string of the molecule is NC(=O)c1cccc2c1CCCN2C(=O)[C@@H]1COc2ccccc2C1. The first-order valence-electron chi connectivity index (χ1n) is 8.59. The van der Waals surface area contributed by atoms with Crippen LogP contribution in [0.1, 0.15) is 27.9 Å². The van der Waals surface area contributed by atoms with Crippen LogP contribution in [-0.4, -0.2) is 25.0 Å². The molecule has 4 rings (SSSR count). The molecule has 2 heterocycles. The van der Waals surface area contributed by atoms with Crippen molar-refractivity contribution in [2.24, 2.45) is 11.7 Å². The van der Waals surface area contributed by atoms with Gasteiger partial charge in [-0.25, -0.2) is 0 Å². The highest BCUT2D eigenvalue weighted by Crippen LogP contribution is 2.33. The fraction of sp³-hybridized carbons (Fsp3) is 0.300. The smallest absolute Gasteiger partial charge is 0.249 e. The Morgan fingerprint density at radius 2 is 1.96 bits per heavy atom. The Bertz CT molecular complexity index is 847. The zero-order valence-corrected chi connectivity index (χ0v) is 13.9. The first-order chi connectivity index (χ1) is 12.1. The van der Waals surface area contributed by atoms with E-state index in [4.69, 9.17) is 10.5 Å². The lowest BCUT2D eigenvalue weighted by Gasteiger charge is -2.34. The summed E-state index contributed by atoms with van der Waals surface area (Å²) in [6, 6.07) is 13.3. The van der Waals surface area contributed by atoms with Gasteiger partial charge in [-0.2, -0.15) is 0 Å². The molecule has 2 amide bonds. The van der Waals surface area contributed by atoms with Crippen molar-refractivity contribution in [1.29, 1.82) is 0 Å². The first kappa shape index (κ1) is 15.7. The molecule has 25 heavy (non-hydrogen) atoms. The minimum atomic E-state index is -0.443. The number of carbonyl (C=O) groups excluding carboxylic acids is 2. The van der Waals surface area contributed by atoms with E-state index in [1.807, 2.05) is 30.3 Å². The zero-order valence-electron chi connectivity index (χ0n) is 13.9. The molecule has 1 atom stereocenters. The lowest BCUT2D eigenvalue weighted by Crippen LogP contribution is -2.43. The van der Waals surface area contributed by atoms with Crippen molar-refractivity contribution < 1.29 is 14.3 Å². The van der Waals surface area contributed by atoms with Gasteiger partial charge >= 0.3 is 0 Å². The van der Waals surface area contributed by atoms with Crippen molar-refractivity contribution in [3.05, 3.63) is 59.2 Å². The minimum absolute atomic E-state index is 0.0528. The molecular formula is C20H20N2O3. The van der Waals surface area contributed by atoms with E-state index in [0.717, 1.165) is 35.4 Å². The van der Waals surface area contributed by atoms with Crippen LogP contribution in [0.3, 0.4) is 0 Å². The van der Waals surface area contributed by atoms with Crippen LogP contribution in [-0.2, 0) is 17.6 Å². The Kier molecular flexibility index (Phi) is 3.92. The number of rotatable bonds is 2. The second kappa shape index (κ2) is 6.24. The van der Waals surface area contributed by atoms with Crippen LogP contribution in [0.4, 0.5) is 5.69 Å². The third kappa shape index (κ3) is 2.76. The van der Waals surface area contributed by atoms with E-state index in [9.17, 15) is 9.59 Å². The number of hydrogen-bond donors (Lipinski definition) is 1. The van der Waals surface area contributed by atoms with Crippen LogP contribution in [0.15, 0.2) is 42.5 Å². The van der Waals surface area contributed by atoms with Gasteiger partial charge in [0.25, 0.3) is 0 Å². The molecular weight excluding hydrogens is 316 g/mol. The standard InChI is InChI=1S/C20H20N2O3/c21-19(23)16-6-3-8-17-15(16)7-4-10-22(17)20(24)14-11-13-5-1-2-9-18(13)25-12-14/h1-3,5-6,8-9,14H,4,7,10-12H2,(H2,21,23)/t14-/m0/s1. The first-order valence-corrected chi connectivity index (χ1v) is 8.59. The van der Waals surface area contributed by atoms with Crippen molar-refractivity contribution in [3.63, 3.8) is 0 Å². The summed E-state index contributed by atoms with van der Waals surface area (Å²) in [5, 5.41) is 0. The van der Waals surface area contributed by atoms with Crippen molar-refractivity contribution in [2.75, 3.05) is 18.1 Å². The predicted molar refractivity (Wildman–Crippen MR) is 94.8 cm³/mol. The third-order valence-electron chi connectivity index (χ3n) is 5.01. The maximum Gasteiger partial charge on any atom is 0.249 e. The van der Waals surface area contributed by atoms with Crippen LogP contribution < -0.4 is 15.4 Å². The molecule has 0 aliphatic carbocycles. The molecule has 0 saturated heterocycles. The van der Waals surface area contributed by atoms with E-state index in [1.54, 1.807) is 17.0 Å². The van der Waals surface area contributed by atoms with Crippen molar-refractivity contribution in [3.8, 4) is 5.75 Å². The zero-order chi connectivity index (χ0) is 17.4. The molecule has 128 valence electrons. The van der Waals surface area contributed by atoms with Crippen molar-refractivity contribution in [2.45, 2.75) is 19.3 Å². The third-order valence-corrected chi connectivity index (χ3v) is 5.01. The average molecular weight is 336 g/mol. The highest BCUT2D eigenvalue weighted by molar-refractivity contribution is 6.01. The molecule has 0 radical (unpaired) electrons. The summed E-state index contributed by atoms with van der Waals surface area (Å²) >= 11 is 0. The monoisotopic (exact) mass is 336 g/mol. The van der Waals surface area contributed by atoms with Crippen LogP contribution in [0.25, 0.3) is 0 Å². The lowest BCUT2D eigenvalue weighted by molar-refractivity contribution is -0.123. The maximum atomic E-state index is 13.1. The van der Waals surface area contributed by atoms with Crippen LogP contribution in [0.2, 0.25) is 0 Å².